The Bertz CT molecular complexity index is 903. The maximum absolute atomic E-state index is 12.9. The van der Waals surface area contributed by atoms with Crippen LogP contribution in [0.1, 0.15) is 50.0 Å². The van der Waals surface area contributed by atoms with Gasteiger partial charge in [-0.1, -0.05) is 31.2 Å². The molecular weight excluding hydrogens is 382 g/mol. The van der Waals surface area contributed by atoms with Crippen LogP contribution < -0.4 is 10.9 Å². The summed E-state index contributed by atoms with van der Waals surface area (Å²) in [6, 6.07) is 3.84. The summed E-state index contributed by atoms with van der Waals surface area (Å²) in [6.45, 7) is 6.00. The summed E-state index contributed by atoms with van der Waals surface area (Å²) >= 11 is 3.04. The number of thioether (sulfide) groups is 1. The SMILES string of the molecule is CCCCSc1nc2c(c(=O)[nH]1)[C@H](c1cccs1)C(C(=O)OCC)=C(C)N2. The van der Waals surface area contributed by atoms with Crippen LogP contribution in [0.2, 0.25) is 0 Å². The number of aromatic amines is 1. The maximum Gasteiger partial charge on any atom is 0.336 e. The van der Waals surface area contributed by atoms with Crippen molar-refractivity contribution in [2.24, 2.45) is 0 Å². The first-order chi connectivity index (χ1) is 13.1. The normalized spacial score (nSPS) is 16.0. The number of nitrogens with zero attached hydrogens (tertiary/aromatic N) is 1. The van der Waals surface area contributed by atoms with Gasteiger partial charge in [-0.2, -0.15) is 0 Å². The average molecular weight is 406 g/mol. The molecule has 0 bridgehead atoms. The molecule has 0 fully saturated rings. The molecule has 0 saturated carbocycles. The second-order valence-electron chi connectivity index (χ2n) is 6.17. The van der Waals surface area contributed by atoms with Crippen molar-refractivity contribution in [3.8, 4) is 0 Å². The summed E-state index contributed by atoms with van der Waals surface area (Å²) in [6.07, 6.45) is 2.15. The minimum absolute atomic E-state index is 0.223. The van der Waals surface area contributed by atoms with E-state index in [1.165, 1.54) is 23.1 Å². The molecule has 0 saturated heterocycles. The molecule has 6 nitrogen and oxygen atoms in total. The molecule has 0 radical (unpaired) electrons. The van der Waals surface area contributed by atoms with Gasteiger partial charge in [-0.3, -0.25) is 4.79 Å². The molecule has 144 valence electrons. The predicted molar refractivity (Wildman–Crippen MR) is 110 cm³/mol. The highest BCUT2D eigenvalue weighted by Crippen LogP contribution is 2.41. The largest absolute Gasteiger partial charge is 0.463 e. The van der Waals surface area contributed by atoms with E-state index < -0.39 is 11.9 Å². The third-order valence-corrected chi connectivity index (χ3v) is 6.18. The fourth-order valence-electron chi connectivity index (χ4n) is 3.03. The average Bonchev–Trinajstić information content (AvgIpc) is 3.15. The van der Waals surface area contributed by atoms with Crippen molar-refractivity contribution >= 4 is 34.9 Å². The van der Waals surface area contributed by atoms with Gasteiger partial charge in [0.2, 0.25) is 0 Å². The monoisotopic (exact) mass is 405 g/mol. The van der Waals surface area contributed by atoms with Crippen molar-refractivity contribution in [2.45, 2.75) is 44.7 Å². The molecule has 2 N–H and O–H groups in total. The van der Waals surface area contributed by atoms with E-state index in [1.807, 2.05) is 24.4 Å². The van der Waals surface area contributed by atoms with Crippen LogP contribution in [-0.2, 0) is 9.53 Å². The van der Waals surface area contributed by atoms with Crippen LogP contribution in [-0.4, -0.2) is 28.3 Å². The van der Waals surface area contributed by atoms with Gasteiger partial charge in [0.1, 0.15) is 5.82 Å². The number of carbonyl (C=O) groups excluding carboxylic acids is 1. The van der Waals surface area contributed by atoms with Gasteiger partial charge >= 0.3 is 5.97 Å². The van der Waals surface area contributed by atoms with Gasteiger partial charge < -0.3 is 15.0 Å². The molecule has 8 heteroatoms. The number of H-pyrrole nitrogens is 1. The molecule has 3 rings (SSSR count). The Morgan fingerprint density at radius 3 is 2.89 bits per heavy atom. The van der Waals surface area contributed by atoms with E-state index in [2.05, 4.69) is 22.2 Å². The van der Waals surface area contributed by atoms with Crippen LogP contribution in [0.15, 0.2) is 38.7 Å². The molecule has 1 aliphatic heterocycles. The smallest absolute Gasteiger partial charge is 0.336 e. The molecule has 1 aliphatic rings. The van der Waals surface area contributed by atoms with Crippen molar-refractivity contribution in [3.05, 3.63) is 49.6 Å². The molecule has 27 heavy (non-hydrogen) atoms. The molecule has 0 unspecified atom stereocenters. The lowest BCUT2D eigenvalue weighted by Gasteiger charge is -2.27. The number of carbonyl (C=O) groups is 1. The van der Waals surface area contributed by atoms with Gasteiger partial charge in [0.15, 0.2) is 5.16 Å². The maximum atomic E-state index is 12.9. The number of fused-ring (bicyclic) bond motifs is 1. The number of nitrogens with one attached hydrogen (secondary N) is 2. The Labute approximate surface area is 166 Å². The summed E-state index contributed by atoms with van der Waals surface area (Å²) in [5, 5.41) is 5.68. The molecule has 1 atom stereocenters. The summed E-state index contributed by atoms with van der Waals surface area (Å²) in [5.41, 5.74) is 1.37. The van der Waals surface area contributed by atoms with Crippen LogP contribution in [0.4, 0.5) is 5.82 Å². The molecule has 2 aromatic rings. The van der Waals surface area contributed by atoms with Crippen molar-refractivity contribution in [1.29, 1.82) is 0 Å². The molecule has 0 aromatic carbocycles. The number of anilines is 1. The second-order valence-corrected chi connectivity index (χ2v) is 8.23. The van der Waals surface area contributed by atoms with Gasteiger partial charge in [0.05, 0.1) is 23.7 Å². The lowest BCUT2D eigenvalue weighted by atomic mass is 9.86. The highest BCUT2D eigenvalue weighted by molar-refractivity contribution is 7.99. The van der Waals surface area contributed by atoms with Crippen molar-refractivity contribution in [3.63, 3.8) is 0 Å². The number of allylic oxidation sites excluding steroid dienone is 1. The van der Waals surface area contributed by atoms with Crippen molar-refractivity contribution < 1.29 is 9.53 Å². The van der Waals surface area contributed by atoms with Crippen molar-refractivity contribution in [1.82, 2.24) is 9.97 Å². The van der Waals surface area contributed by atoms with Gasteiger partial charge in [-0.25, -0.2) is 9.78 Å². The number of thiophene rings is 1. The van der Waals surface area contributed by atoms with Crippen LogP contribution in [0.25, 0.3) is 0 Å². The van der Waals surface area contributed by atoms with Gasteiger partial charge in [-0.15, -0.1) is 11.3 Å². The van der Waals surface area contributed by atoms with E-state index in [1.54, 1.807) is 6.92 Å². The third kappa shape index (κ3) is 4.11. The second kappa shape index (κ2) is 8.75. The lowest BCUT2D eigenvalue weighted by Crippen LogP contribution is -2.30. The number of hydrogen-bond donors (Lipinski definition) is 2. The summed E-state index contributed by atoms with van der Waals surface area (Å²) in [4.78, 5) is 34.0. The molecule has 0 amide bonds. The van der Waals surface area contributed by atoms with Crippen LogP contribution in [0, 0.1) is 0 Å². The fraction of sp³-hybridized carbons (Fsp3) is 0.421. The molecule has 3 heterocycles. The Hall–Kier alpha value is -2.06. The summed E-state index contributed by atoms with van der Waals surface area (Å²) in [5.74, 6) is 0.524. The molecule has 2 aromatic heterocycles. The van der Waals surface area contributed by atoms with E-state index in [4.69, 9.17) is 4.74 Å². The summed E-state index contributed by atoms with van der Waals surface area (Å²) in [7, 11) is 0. The third-order valence-electron chi connectivity index (χ3n) is 4.28. The standard InChI is InChI=1S/C19H23N3O3S2/c1-4-6-9-27-19-21-16-15(17(23)22-19)14(12-8-7-10-26-12)13(11(3)20-16)18(24)25-5-2/h7-8,10,14H,4-6,9H2,1-3H3,(H2,20,21,22,23)/t14-/m1/s1. The Morgan fingerprint density at radius 2 is 2.22 bits per heavy atom. The molecule has 0 aliphatic carbocycles. The van der Waals surface area contributed by atoms with Crippen LogP contribution in [0.5, 0.6) is 0 Å². The molecule has 0 spiro atoms. The van der Waals surface area contributed by atoms with E-state index in [9.17, 15) is 9.59 Å². The zero-order chi connectivity index (χ0) is 19.4. The first-order valence-corrected chi connectivity index (χ1v) is 10.9. The fourth-order valence-corrected chi connectivity index (χ4v) is 4.82. The van der Waals surface area contributed by atoms with E-state index in [0.29, 0.717) is 27.8 Å². The minimum atomic E-state index is -0.480. The Kier molecular flexibility index (Phi) is 6.38. The Morgan fingerprint density at radius 1 is 1.41 bits per heavy atom. The van der Waals surface area contributed by atoms with Crippen LogP contribution in [0.3, 0.4) is 0 Å². The van der Waals surface area contributed by atoms with Crippen LogP contribution >= 0.6 is 23.1 Å². The van der Waals surface area contributed by atoms with E-state index in [-0.39, 0.29) is 12.2 Å². The quantitative estimate of drug-likeness (QED) is 0.312. The highest BCUT2D eigenvalue weighted by atomic mass is 32.2. The summed E-state index contributed by atoms with van der Waals surface area (Å²) < 4.78 is 5.26. The first-order valence-electron chi connectivity index (χ1n) is 9.02. The minimum Gasteiger partial charge on any atom is -0.463 e. The van der Waals surface area contributed by atoms with E-state index in [0.717, 1.165) is 23.5 Å². The van der Waals surface area contributed by atoms with Gasteiger partial charge in [-0.05, 0) is 31.7 Å². The first kappa shape index (κ1) is 19.7. The Balaban J connectivity index is 2.08. The lowest BCUT2D eigenvalue weighted by molar-refractivity contribution is -0.138. The number of esters is 1. The predicted octanol–water partition coefficient (Wildman–Crippen LogP) is 4.12. The number of rotatable bonds is 7. The zero-order valence-electron chi connectivity index (χ0n) is 15.6. The van der Waals surface area contributed by atoms with Crippen molar-refractivity contribution in [2.75, 3.05) is 17.7 Å². The zero-order valence-corrected chi connectivity index (χ0v) is 17.3. The van der Waals surface area contributed by atoms with E-state index >= 15 is 0 Å². The van der Waals surface area contributed by atoms with Gasteiger partial charge in [0, 0.05) is 16.3 Å². The topological polar surface area (TPSA) is 84.1 Å². The molecular formula is C19H23N3O3S2. The number of aromatic nitrogens is 2. The number of hydrogen-bond acceptors (Lipinski definition) is 7. The highest BCUT2D eigenvalue weighted by Gasteiger charge is 2.36. The number of unbranched alkanes of at least 4 members (excludes halogenated alkanes) is 1. The number of ether oxygens (including phenoxy) is 1. The van der Waals surface area contributed by atoms with Gasteiger partial charge in [0.25, 0.3) is 5.56 Å².